The largest absolute Gasteiger partial charge is 0.497 e. The van der Waals surface area contributed by atoms with Crippen LogP contribution in [0.4, 0.5) is 4.79 Å². The van der Waals surface area contributed by atoms with E-state index in [0.717, 1.165) is 16.5 Å². The molecule has 1 heterocycles. The van der Waals surface area contributed by atoms with Crippen molar-refractivity contribution in [3.8, 4) is 5.75 Å². The number of urea groups is 1. The third-order valence-corrected chi connectivity index (χ3v) is 4.39. The van der Waals surface area contributed by atoms with Crippen LogP contribution in [0.15, 0.2) is 53.3 Å². The Bertz CT molecular complexity index is 1020. The fraction of sp³-hybridized carbons (Fsp3) is 0.200. The SMILES string of the molecule is COc1ccc2cc(CCNC(=O)NCc3cccc(Cl)c3)c(=O)[nH]c2c1. The molecule has 0 atom stereocenters. The van der Waals surface area contributed by atoms with Crippen LogP contribution in [-0.2, 0) is 13.0 Å². The number of benzene rings is 2. The van der Waals surface area contributed by atoms with Crippen LogP contribution in [0, 0.1) is 0 Å². The van der Waals surface area contributed by atoms with Gasteiger partial charge in [-0.2, -0.15) is 0 Å². The van der Waals surface area contributed by atoms with Gasteiger partial charge in [0.25, 0.3) is 5.56 Å². The fourth-order valence-electron chi connectivity index (χ4n) is 2.74. The molecule has 0 aliphatic carbocycles. The number of carbonyl (C=O) groups is 1. The minimum absolute atomic E-state index is 0.170. The first-order valence-electron chi connectivity index (χ1n) is 8.51. The van der Waals surface area contributed by atoms with Gasteiger partial charge >= 0.3 is 6.03 Å². The van der Waals surface area contributed by atoms with E-state index in [4.69, 9.17) is 16.3 Å². The van der Waals surface area contributed by atoms with Gasteiger partial charge in [0.15, 0.2) is 0 Å². The molecule has 0 aliphatic heterocycles. The third-order valence-electron chi connectivity index (χ3n) is 4.15. The van der Waals surface area contributed by atoms with Crippen LogP contribution < -0.4 is 20.9 Å². The summed E-state index contributed by atoms with van der Waals surface area (Å²) in [5.74, 6) is 0.684. The predicted molar refractivity (Wildman–Crippen MR) is 107 cm³/mol. The summed E-state index contributed by atoms with van der Waals surface area (Å²) in [5, 5.41) is 7.05. The number of amides is 2. The Labute approximate surface area is 161 Å². The van der Waals surface area contributed by atoms with Crippen LogP contribution in [0.5, 0.6) is 5.75 Å². The molecule has 3 N–H and O–H groups in total. The van der Waals surface area contributed by atoms with Crippen LogP contribution >= 0.6 is 11.6 Å². The molecule has 0 unspecified atom stereocenters. The van der Waals surface area contributed by atoms with Crippen molar-refractivity contribution in [1.82, 2.24) is 15.6 Å². The molecule has 0 fully saturated rings. The van der Waals surface area contributed by atoms with E-state index in [0.29, 0.717) is 35.8 Å². The van der Waals surface area contributed by atoms with Gasteiger partial charge in [0, 0.05) is 29.7 Å². The molecule has 2 amide bonds. The second-order valence-electron chi connectivity index (χ2n) is 6.07. The standard InChI is InChI=1S/C20H20ClN3O3/c1-27-17-6-5-14-10-15(19(25)24-18(14)11-17)7-8-22-20(26)23-12-13-3-2-4-16(21)9-13/h2-6,9-11H,7-8,12H2,1H3,(H,24,25)(H2,22,23,26). The van der Waals surface area contributed by atoms with E-state index < -0.39 is 0 Å². The highest BCUT2D eigenvalue weighted by Gasteiger charge is 2.06. The minimum Gasteiger partial charge on any atom is -0.497 e. The summed E-state index contributed by atoms with van der Waals surface area (Å²) in [5.41, 5.74) is 2.08. The topological polar surface area (TPSA) is 83.2 Å². The van der Waals surface area contributed by atoms with E-state index >= 15 is 0 Å². The Morgan fingerprint density at radius 3 is 2.78 bits per heavy atom. The molecule has 6 nitrogen and oxygen atoms in total. The van der Waals surface area contributed by atoms with Crippen molar-refractivity contribution in [3.05, 3.63) is 75.0 Å². The van der Waals surface area contributed by atoms with Crippen molar-refractivity contribution in [2.24, 2.45) is 0 Å². The highest BCUT2D eigenvalue weighted by Crippen LogP contribution is 2.18. The molecule has 0 bridgehead atoms. The minimum atomic E-state index is -0.295. The van der Waals surface area contributed by atoms with E-state index in [-0.39, 0.29) is 11.6 Å². The second kappa shape index (κ2) is 8.60. The van der Waals surface area contributed by atoms with Gasteiger partial charge in [0.1, 0.15) is 5.75 Å². The Balaban J connectivity index is 1.54. The van der Waals surface area contributed by atoms with E-state index in [2.05, 4.69) is 15.6 Å². The number of carbonyl (C=O) groups excluding carboxylic acids is 1. The van der Waals surface area contributed by atoms with E-state index in [9.17, 15) is 9.59 Å². The Morgan fingerprint density at radius 1 is 1.15 bits per heavy atom. The van der Waals surface area contributed by atoms with Gasteiger partial charge < -0.3 is 20.4 Å². The molecular weight excluding hydrogens is 366 g/mol. The lowest BCUT2D eigenvalue weighted by molar-refractivity contribution is 0.240. The number of nitrogens with one attached hydrogen (secondary N) is 3. The van der Waals surface area contributed by atoms with Crippen LogP contribution in [0.2, 0.25) is 5.02 Å². The van der Waals surface area contributed by atoms with Crippen LogP contribution in [0.25, 0.3) is 10.9 Å². The van der Waals surface area contributed by atoms with Crippen molar-refractivity contribution in [1.29, 1.82) is 0 Å². The van der Waals surface area contributed by atoms with Crippen molar-refractivity contribution >= 4 is 28.5 Å². The maximum absolute atomic E-state index is 12.2. The number of hydrogen-bond donors (Lipinski definition) is 3. The van der Waals surface area contributed by atoms with Crippen molar-refractivity contribution in [2.75, 3.05) is 13.7 Å². The van der Waals surface area contributed by atoms with Gasteiger partial charge in [-0.3, -0.25) is 4.79 Å². The predicted octanol–water partition coefficient (Wildman–Crippen LogP) is 3.23. The van der Waals surface area contributed by atoms with Gasteiger partial charge in [-0.15, -0.1) is 0 Å². The first kappa shape index (κ1) is 18.8. The smallest absolute Gasteiger partial charge is 0.315 e. The maximum atomic E-state index is 12.2. The van der Waals surface area contributed by atoms with Gasteiger partial charge in [0.2, 0.25) is 0 Å². The number of pyridine rings is 1. The summed E-state index contributed by atoms with van der Waals surface area (Å²) >= 11 is 5.92. The van der Waals surface area contributed by atoms with E-state index in [1.165, 1.54) is 0 Å². The molecule has 1 aromatic heterocycles. The van der Waals surface area contributed by atoms with Gasteiger partial charge in [-0.05, 0) is 47.7 Å². The number of H-pyrrole nitrogens is 1. The molecule has 0 radical (unpaired) electrons. The maximum Gasteiger partial charge on any atom is 0.315 e. The number of fused-ring (bicyclic) bond motifs is 1. The zero-order valence-corrected chi connectivity index (χ0v) is 15.6. The van der Waals surface area contributed by atoms with Crippen LogP contribution in [0.3, 0.4) is 0 Å². The Hall–Kier alpha value is -2.99. The molecule has 0 aliphatic rings. The zero-order chi connectivity index (χ0) is 19.2. The number of halogens is 1. The third kappa shape index (κ3) is 5.01. The lowest BCUT2D eigenvalue weighted by atomic mass is 10.1. The second-order valence-corrected chi connectivity index (χ2v) is 6.50. The van der Waals surface area contributed by atoms with Gasteiger partial charge in [-0.25, -0.2) is 4.79 Å². The number of methoxy groups -OCH3 is 1. The number of rotatable bonds is 6. The molecule has 0 spiro atoms. The van der Waals surface area contributed by atoms with E-state index in [1.54, 1.807) is 25.3 Å². The fourth-order valence-corrected chi connectivity index (χ4v) is 2.95. The highest BCUT2D eigenvalue weighted by atomic mass is 35.5. The Morgan fingerprint density at radius 2 is 2.00 bits per heavy atom. The monoisotopic (exact) mass is 385 g/mol. The molecule has 140 valence electrons. The molecule has 3 aromatic rings. The first-order chi connectivity index (χ1) is 13.0. The average Bonchev–Trinajstić information content (AvgIpc) is 2.66. The lowest BCUT2D eigenvalue weighted by Crippen LogP contribution is -2.36. The van der Waals surface area contributed by atoms with Gasteiger partial charge in [0.05, 0.1) is 12.6 Å². The van der Waals surface area contributed by atoms with E-state index in [1.807, 2.05) is 30.3 Å². The highest BCUT2D eigenvalue weighted by molar-refractivity contribution is 6.30. The van der Waals surface area contributed by atoms with Crippen LogP contribution in [-0.4, -0.2) is 24.7 Å². The summed E-state index contributed by atoms with van der Waals surface area (Å²) in [7, 11) is 1.58. The Kier molecular flexibility index (Phi) is 5.98. The normalized spacial score (nSPS) is 10.6. The number of ether oxygens (including phenoxy) is 1. The summed E-state index contributed by atoms with van der Waals surface area (Å²) in [6.45, 7) is 0.733. The van der Waals surface area contributed by atoms with Crippen LogP contribution in [0.1, 0.15) is 11.1 Å². The summed E-state index contributed by atoms with van der Waals surface area (Å²) in [4.78, 5) is 27.0. The van der Waals surface area contributed by atoms with Crippen molar-refractivity contribution in [2.45, 2.75) is 13.0 Å². The number of aromatic nitrogens is 1. The molecule has 0 saturated heterocycles. The van der Waals surface area contributed by atoms with Crippen molar-refractivity contribution in [3.63, 3.8) is 0 Å². The summed E-state index contributed by atoms with van der Waals surface area (Å²) in [6, 6.07) is 14.3. The molecular formula is C20H20ClN3O3. The average molecular weight is 386 g/mol. The van der Waals surface area contributed by atoms with Gasteiger partial charge in [-0.1, -0.05) is 23.7 Å². The molecule has 0 saturated carbocycles. The lowest BCUT2D eigenvalue weighted by Gasteiger charge is -2.09. The molecule has 3 rings (SSSR count). The quantitative estimate of drug-likeness (QED) is 0.609. The summed E-state index contributed by atoms with van der Waals surface area (Å²) < 4.78 is 5.16. The number of aromatic amines is 1. The van der Waals surface area contributed by atoms with Crippen molar-refractivity contribution < 1.29 is 9.53 Å². The number of hydrogen-bond acceptors (Lipinski definition) is 3. The first-order valence-corrected chi connectivity index (χ1v) is 8.89. The molecule has 27 heavy (non-hydrogen) atoms. The zero-order valence-electron chi connectivity index (χ0n) is 14.8. The summed E-state index contributed by atoms with van der Waals surface area (Å²) in [6.07, 6.45) is 0.432. The molecule has 2 aromatic carbocycles. The molecule has 7 heteroatoms.